The normalized spacial score (nSPS) is 10.3. The molecule has 0 bridgehead atoms. The summed E-state index contributed by atoms with van der Waals surface area (Å²) in [5.74, 6) is 0.624. The van der Waals surface area contributed by atoms with Crippen molar-refractivity contribution < 1.29 is 9.53 Å². The highest BCUT2D eigenvalue weighted by Crippen LogP contribution is 2.22. The Kier molecular flexibility index (Phi) is 5.84. The average molecular weight is 318 g/mol. The van der Waals surface area contributed by atoms with Crippen molar-refractivity contribution in [3.63, 3.8) is 0 Å². The standard InChI is InChI=1S/C18H20ClNO2/c1-13-7-8-15(11-14(13)2)12-18(21)20-9-10-22-17-6-4-3-5-16(17)19/h3-8,11H,9-10,12H2,1-2H3,(H,20,21). The van der Waals surface area contributed by atoms with E-state index < -0.39 is 0 Å². The summed E-state index contributed by atoms with van der Waals surface area (Å²) in [6, 6.07) is 13.4. The molecule has 0 heterocycles. The molecule has 0 aromatic heterocycles. The second-order valence-electron chi connectivity index (χ2n) is 5.22. The lowest BCUT2D eigenvalue weighted by Gasteiger charge is -2.09. The van der Waals surface area contributed by atoms with Crippen molar-refractivity contribution in [3.8, 4) is 5.75 Å². The van der Waals surface area contributed by atoms with Gasteiger partial charge in [0, 0.05) is 0 Å². The Labute approximate surface area is 136 Å². The van der Waals surface area contributed by atoms with E-state index in [4.69, 9.17) is 16.3 Å². The summed E-state index contributed by atoms with van der Waals surface area (Å²) >= 11 is 5.99. The van der Waals surface area contributed by atoms with E-state index >= 15 is 0 Å². The first kappa shape index (κ1) is 16.4. The molecule has 0 saturated heterocycles. The smallest absolute Gasteiger partial charge is 0.224 e. The van der Waals surface area contributed by atoms with Crippen molar-refractivity contribution in [2.24, 2.45) is 0 Å². The van der Waals surface area contributed by atoms with Gasteiger partial charge in [0.1, 0.15) is 12.4 Å². The molecule has 0 unspecified atom stereocenters. The molecule has 0 fully saturated rings. The number of halogens is 1. The molecule has 2 aromatic carbocycles. The number of carbonyl (C=O) groups is 1. The second kappa shape index (κ2) is 7.85. The molecule has 1 amide bonds. The van der Waals surface area contributed by atoms with Gasteiger partial charge in [0.25, 0.3) is 0 Å². The number of amides is 1. The first-order valence-corrected chi connectivity index (χ1v) is 7.64. The number of hydrogen-bond acceptors (Lipinski definition) is 2. The average Bonchev–Trinajstić information content (AvgIpc) is 2.49. The van der Waals surface area contributed by atoms with E-state index in [1.165, 1.54) is 11.1 Å². The molecule has 0 saturated carbocycles. The van der Waals surface area contributed by atoms with Crippen LogP contribution < -0.4 is 10.1 Å². The Hall–Kier alpha value is -2.00. The highest BCUT2D eigenvalue weighted by molar-refractivity contribution is 6.32. The molecule has 1 N–H and O–H groups in total. The van der Waals surface area contributed by atoms with Gasteiger partial charge in [0.2, 0.25) is 5.91 Å². The Morgan fingerprint density at radius 1 is 1.14 bits per heavy atom. The van der Waals surface area contributed by atoms with Gasteiger partial charge in [-0.05, 0) is 42.7 Å². The third kappa shape index (κ3) is 4.78. The first-order chi connectivity index (χ1) is 10.6. The van der Waals surface area contributed by atoms with Gasteiger partial charge in [-0.1, -0.05) is 41.9 Å². The minimum absolute atomic E-state index is 0.00832. The van der Waals surface area contributed by atoms with Crippen molar-refractivity contribution >= 4 is 17.5 Å². The number of carbonyl (C=O) groups excluding carboxylic acids is 1. The van der Waals surface area contributed by atoms with E-state index in [0.29, 0.717) is 30.3 Å². The lowest BCUT2D eigenvalue weighted by molar-refractivity contribution is -0.120. The quantitative estimate of drug-likeness (QED) is 0.825. The lowest BCUT2D eigenvalue weighted by Crippen LogP contribution is -2.29. The number of para-hydroxylation sites is 1. The fourth-order valence-electron chi connectivity index (χ4n) is 2.07. The Balaban J connectivity index is 1.74. The van der Waals surface area contributed by atoms with E-state index in [-0.39, 0.29) is 5.91 Å². The highest BCUT2D eigenvalue weighted by Gasteiger charge is 2.05. The van der Waals surface area contributed by atoms with Crippen LogP contribution in [0, 0.1) is 13.8 Å². The molecule has 0 aliphatic carbocycles. The Morgan fingerprint density at radius 2 is 1.91 bits per heavy atom. The SMILES string of the molecule is Cc1ccc(CC(=O)NCCOc2ccccc2Cl)cc1C. The minimum Gasteiger partial charge on any atom is -0.490 e. The maximum absolute atomic E-state index is 11.9. The highest BCUT2D eigenvalue weighted by atomic mass is 35.5. The predicted molar refractivity (Wildman–Crippen MR) is 89.6 cm³/mol. The van der Waals surface area contributed by atoms with Crippen LogP contribution in [0.1, 0.15) is 16.7 Å². The van der Waals surface area contributed by atoms with E-state index in [9.17, 15) is 4.79 Å². The molecule has 0 aliphatic rings. The van der Waals surface area contributed by atoms with Gasteiger partial charge < -0.3 is 10.1 Å². The van der Waals surface area contributed by atoms with E-state index in [2.05, 4.69) is 18.3 Å². The summed E-state index contributed by atoms with van der Waals surface area (Å²) in [6.07, 6.45) is 0.382. The van der Waals surface area contributed by atoms with Gasteiger partial charge >= 0.3 is 0 Å². The molecule has 116 valence electrons. The van der Waals surface area contributed by atoms with Gasteiger partial charge in [0.05, 0.1) is 18.0 Å². The zero-order chi connectivity index (χ0) is 15.9. The molecular weight excluding hydrogens is 298 g/mol. The van der Waals surface area contributed by atoms with Crippen molar-refractivity contribution in [1.29, 1.82) is 0 Å². The van der Waals surface area contributed by atoms with Crippen LogP contribution in [0.3, 0.4) is 0 Å². The topological polar surface area (TPSA) is 38.3 Å². The maximum atomic E-state index is 11.9. The molecule has 2 rings (SSSR count). The van der Waals surface area contributed by atoms with Crippen LogP contribution >= 0.6 is 11.6 Å². The molecule has 2 aromatic rings. The number of rotatable bonds is 6. The van der Waals surface area contributed by atoms with Crippen molar-refractivity contribution in [2.75, 3.05) is 13.2 Å². The van der Waals surface area contributed by atoms with Gasteiger partial charge in [-0.2, -0.15) is 0 Å². The number of aryl methyl sites for hydroxylation is 2. The summed E-state index contributed by atoms with van der Waals surface area (Å²) < 4.78 is 5.53. The first-order valence-electron chi connectivity index (χ1n) is 7.26. The third-order valence-electron chi connectivity index (χ3n) is 3.45. The van der Waals surface area contributed by atoms with E-state index in [1.54, 1.807) is 12.1 Å². The maximum Gasteiger partial charge on any atom is 0.224 e. The van der Waals surface area contributed by atoms with Gasteiger partial charge in [-0.25, -0.2) is 0 Å². The van der Waals surface area contributed by atoms with Crippen LogP contribution in [0.2, 0.25) is 5.02 Å². The number of ether oxygens (including phenoxy) is 1. The van der Waals surface area contributed by atoms with E-state index in [0.717, 1.165) is 5.56 Å². The van der Waals surface area contributed by atoms with Gasteiger partial charge in [-0.3, -0.25) is 4.79 Å². The molecule has 0 aliphatic heterocycles. The molecule has 0 atom stereocenters. The Morgan fingerprint density at radius 3 is 2.64 bits per heavy atom. The summed E-state index contributed by atoms with van der Waals surface area (Å²) in [6.45, 7) is 4.96. The number of hydrogen-bond donors (Lipinski definition) is 1. The van der Waals surface area contributed by atoms with Crippen molar-refractivity contribution in [3.05, 3.63) is 64.2 Å². The molecule has 0 radical (unpaired) electrons. The molecule has 0 spiro atoms. The summed E-state index contributed by atoms with van der Waals surface area (Å²) in [4.78, 5) is 11.9. The summed E-state index contributed by atoms with van der Waals surface area (Å²) in [5, 5.41) is 3.42. The zero-order valence-corrected chi connectivity index (χ0v) is 13.6. The van der Waals surface area contributed by atoms with Crippen molar-refractivity contribution in [2.45, 2.75) is 20.3 Å². The summed E-state index contributed by atoms with van der Waals surface area (Å²) in [7, 11) is 0. The fourth-order valence-corrected chi connectivity index (χ4v) is 2.26. The monoisotopic (exact) mass is 317 g/mol. The van der Waals surface area contributed by atoms with Crippen molar-refractivity contribution in [1.82, 2.24) is 5.32 Å². The van der Waals surface area contributed by atoms with Crippen LogP contribution in [0.15, 0.2) is 42.5 Å². The molecule has 22 heavy (non-hydrogen) atoms. The van der Waals surface area contributed by atoms with E-state index in [1.807, 2.05) is 31.2 Å². The Bertz CT molecular complexity index is 655. The second-order valence-corrected chi connectivity index (χ2v) is 5.63. The van der Waals surface area contributed by atoms with Gasteiger partial charge in [-0.15, -0.1) is 0 Å². The predicted octanol–water partition coefficient (Wildman–Crippen LogP) is 3.69. The van der Waals surface area contributed by atoms with Crippen LogP contribution in [0.25, 0.3) is 0 Å². The number of nitrogens with one attached hydrogen (secondary N) is 1. The third-order valence-corrected chi connectivity index (χ3v) is 3.77. The van der Waals surface area contributed by atoms with Crippen LogP contribution in [0.5, 0.6) is 5.75 Å². The van der Waals surface area contributed by atoms with Crippen LogP contribution in [-0.2, 0) is 11.2 Å². The lowest BCUT2D eigenvalue weighted by atomic mass is 10.0. The van der Waals surface area contributed by atoms with Crippen LogP contribution in [-0.4, -0.2) is 19.1 Å². The zero-order valence-electron chi connectivity index (χ0n) is 12.9. The van der Waals surface area contributed by atoms with Crippen LogP contribution in [0.4, 0.5) is 0 Å². The number of benzene rings is 2. The minimum atomic E-state index is -0.00832. The molecule has 3 nitrogen and oxygen atoms in total. The molecular formula is C18H20ClNO2. The largest absolute Gasteiger partial charge is 0.490 e. The summed E-state index contributed by atoms with van der Waals surface area (Å²) in [5.41, 5.74) is 3.46. The molecule has 4 heteroatoms. The van der Waals surface area contributed by atoms with Gasteiger partial charge in [0.15, 0.2) is 0 Å². The fraction of sp³-hybridized carbons (Fsp3) is 0.278.